The summed E-state index contributed by atoms with van der Waals surface area (Å²) in [5, 5.41) is 9.84. The lowest BCUT2D eigenvalue weighted by atomic mass is 9.86. The standard InChI is InChI=1S/C15H28O3/c1-3-5-6-9-12(4-2)18-15(17)13-10-7-8-11-14(13)16/h12-14,16H,3-11H2,1-2H3. The molecule has 1 fully saturated rings. The molecule has 3 atom stereocenters. The van der Waals surface area contributed by atoms with Crippen molar-refractivity contribution in [2.75, 3.05) is 0 Å². The first kappa shape index (κ1) is 15.5. The first-order valence-corrected chi connectivity index (χ1v) is 7.57. The van der Waals surface area contributed by atoms with Crippen LogP contribution in [0.2, 0.25) is 0 Å². The smallest absolute Gasteiger partial charge is 0.311 e. The number of rotatable bonds is 7. The van der Waals surface area contributed by atoms with Crippen LogP contribution in [0.15, 0.2) is 0 Å². The van der Waals surface area contributed by atoms with Gasteiger partial charge in [-0.15, -0.1) is 0 Å². The molecule has 1 rings (SSSR count). The second kappa shape index (κ2) is 8.52. The van der Waals surface area contributed by atoms with Crippen LogP contribution in [0.4, 0.5) is 0 Å². The van der Waals surface area contributed by atoms with Crippen molar-refractivity contribution in [3.8, 4) is 0 Å². The van der Waals surface area contributed by atoms with Crippen molar-refractivity contribution < 1.29 is 14.6 Å². The van der Waals surface area contributed by atoms with Gasteiger partial charge in [0.2, 0.25) is 0 Å². The molecule has 1 aliphatic carbocycles. The Morgan fingerprint density at radius 1 is 1.28 bits per heavy atom. The lowest BCUT2D eigenvalue weighted by Crippen LogP contribution is -2.34. The molecule has 3 heteroatoms. The molecule has 106 valence electrons. The van der Waals surface area contributed by atoms with Crippen LogP contribution in [-0.2, 0) is 9.53 Å². The minimum Gasteiger partial charge on any atom is -0.462 e. The molecule has 1 saturated carbocycles. The molecule has 0 aromatic rings. The van der Waals surface area contributed by atoms with Crippen LogP contribution in [0.3, 0.4) is 0 Å². The van der Waals surface area contributed by atoms with Crippen molar-refractivity contribution in [1.29, 1.82) is 0 Å². The predicted molar refractivity (Wildman–Crippen MR) is 72.3 cm³/mol. The van der Waals surface area contributed by atoms with Gasteiger partial charge in [0, 0.05) is 0 Å². The fraction of sp³-hybridized carbons (Fsp3) is 0.933. The van der Waals surface area contributed by atoms with Crippen molar-refractivity contribution in [3.63, 3.8) is 0 Å². The average Bonchev–Trinajstić information content (AvgIpc) is 2.38. The monoisotopic (exact) mass is 256 g/mol. The summed E-state index contributed by atoms with van der Waals surface area (Å²) in [7, 11) is 0. The summed E-state index contributed by atoms with van der Waals surface area (Å²) in [6.07, 6.45) is 8.47. The average molecular weight is 256 g/mol. The SMILES string of the molecule is CCCCCC(CC)OC(=O)C1CCCCC1O. The molecule has 1 N–H and O–H groups in total. The molecule has 0 aliphatic heterocycles. The second-order valence-electron chi connectivity index (χ2n) is 5.42. The Kier molecular flexibility index (Phi) is 7.33. The van der Waals surface area contributed by atoms with Gasteiger partial charge in [-0.3, -0.25) is 4.79 Å². The first-order valence-electron chi connectivity index (χ1n) is 7.57. The summed E-state index contributed by atoms with van der Waals surface area (Å²) >= 11 is 0. The lowest BCUT2D eigenvalue weighted by Gasteiger charge is -2.27. The number of hydrogen-bond donors (Lipinski definition) is 1. The third-order valence-corrected chi connectivity index (χ3v) is 3.90. The molecule has 0 amide bonds. The normalized spacial score (nSPS) is 25.7. The van der Waals surface area contributed by atoms with E-state index in [9.17, 15) is 9.90 Å². The van der Waals surface area contributed by atoms with Gasteiger partial charge in [-0.25, -0.2) is 0 Å². The zero-order chi connectivity index (χ0) is 13.4. The highest BCUT2D eigenvalue weighted by Gasteiger charge is 2.31. The molecule has 0 aromatic heterocycles. The van der Waals surface area contributed by atoms with E-state index in [1.54, 1.807) is 0 Å². The van der Waals surface area contributed by atoms with Crippen molar-refractivity contribution >= 4 is 5.97 Å². The van der Waals surface area contributed by atoms with E-state index < -0.39 is 6.10 Å². The number of hydrogen-bond acceptors (Lipinski definition) is 3. The highest BCUT2D eigenvalue weighted by Crippen LogP contribution is 2.26. The van der Waals surface area contributed by atoms with Crippen LogP contribution < -0.4 is 0 Å². The topological polar surface area (TPSA) is 46.5 Å². The number of ether oxygens (including phenoxy) is 1. The number of esters is 1. The summed E-state index contributed by atoms with van der Waals surface area (Å²) in [5.74, 6) is -0.454. The van der Waals surface area contributed by atoms with E-state index in [1.165, 1.54) is 12.8 Å². The van der Waals surface area contributed by atoms with Crippen molar-refractivity contribution in [2.24, 2.45) is 5.92 Å². The molecule has 0 heterocycles. The molecule has 3 unspecified atom stereocenters. The number of aliphatic hydroxyl groups excluding tert-OH is 1. The number of aliphatic hydroxyl groups is 1. The van der Waals surface area contributed by atoms with Crippen molar-refractivity contribution in [1.82, 2.24) is 0 Å². The molecular formula is C15H28O3. The Balaban J connectivity index is 2.35. The zero-order valence-corrected chi connectivity index (χ0v) is 11.9. The molecule has 0 aromatic carbocycles. The summed E-state index contributed by atoms with van der Waals surface area (Å²) in [5.41, 5.74) is 0. The van der Waals surface area contributed by atoms with E-state index in [2.05, 4.69) is 13.8 Å². The lowest BCUT2D eigenvalue weighted by molar-refractivity contribution is -0.160. The van der Waals surface area contributed by atoms with Crippen LogP contribution in [0.5, 0.6) is 0 Å². The summed E-state index contributed by atoms with van der Waals surface area (Å²) in [6.45, 7) is 4.23. The van der Waals surface area contributed by atoms with E-state index in [0.717, 1.165) is 44.9 Å². The van der Waals surface area contributed by atoms with Crippen LogP contribution in [-0.4, -0.2) is 23.3 Å². The zero-order valence-electron chi connectivity index (χ0n) is 11.9. The maximum absolute atomic E-state index is 12.0. The third kappa shape index (κ3) is 4.97. The largest absolute Gasteiger partial charge is 0.462 e. The predicted octanol–water partition coefficient (Wildman–Crippen LogP) is 3.44. The summed E-state index contributed by atoms with van der Waals surface area (Å²) < 4.78 is 5.56. The Hall–Kier alpha value is -0.570. The van der Waals surface area contributed by atoms with Gasteiger partial charge in [0.05, 0.1) is 12.0 Å². The Morgan fingerprint density at radius 2 is 2.00 bits per heavy atom. The van der Waals surface area contributed by atoms with Gasteiger partial charge < -0.3 is 9.84 Å². The maximum Gasteiger partial charge on any atom is 0.311 e. The fourth-order valence-electron chi connectivity index (χ4n) is 2.61. The Labute approximate surface area is 111 Å². The van der Waals surface area contributed by atoms with Gasteiger partial charge >= 0.3 is 5.97 Å². The van der Waals surface area contributed by atoms with Crippen LogP contribution in [0, 0.1) is 5.92 Å². The molecule has 0 spiro atoms. The first-order chi connectivity index (χ1) is 8.69. The number of unbranched alkanes of at least 4 members (excludes halogenated alkanes) is 2. The Morgan fingerprint density at radius 3 is 2.61 bits per heavy atom. The molecular weight excluding hydrogens is 228 g/mol. The summed E-state index contributed by atoms with van der Waals surface area (Å²) in [6, 6.07) is 0. The molecule has 0 bridgehead atoms. The van der Waals surface area contributed by atoms with Gasteiger partial charge in [-0.2, -0.15) is 0 Å². The van der Waals surface area contributed by atoms with Gasteiger partial charge in [0.25, 0.3) is 0 Å². The van der Waals surface area contributed by atoms with Gasteiger partial charge in [0.1, 0.15) is 6.10 Å². The molecule has 0 radical (unpaired) electrons. The van der Waals surface area contributed by atoms with E-state index in [1.807, 2.05) is 0 Å². The molecule has 0 saturated heterocycles. The van der Waals surface area contributed by atoms with Gasteiger partial charge in [-0.1, -0.05) is 39.5 Å². The quantitative estimate of drug-likeness (QED) is 0.560. The second-order valence-corrected chi connectivity index (χ2v) is 5.42. The highest BCUT2D eigenvalue weighted by molar-refractivity contribution is 5.73. The fourth-order valence-corrected chi connectivity index (χ4v) is 2.61. The van der Waals surface area contributed by atoms with Gasteiger partial charge in [-0.05, 0) is 32.1 Å². The summed E-state index contributed by atoms with van der Waals surface area (Å²) in [4.78, 5) is 12.0. The van der Waals surface area contributed by atoms with E-state index in [4.69, 9.17) is 4.74 Å². The molecule has 18 heavy (non-hydrogen) atoms. The van der Waals surface area contributed by atoms with E-state index >= 15 is 0 Å². The third-order valence-electron chi connectivity index (χ3n) is 3.90. The molecule has 1 aliphatic rings. The maximum atomic E-state index is 12.0. The minimum absolute atomic E-state index is 0.0400. The van der Waals surface area contributed by atoms with E-state index in [0.29, 0.717) is 0 Å². The van der Waals surface area contributed by atoms with Crippen LogP contribution >= 0.6 is 0 Å². The minimum atomic E-state index is -0.487. The van der Waals surface area contributed by atoms with Crippen LogP contribution in [0.1, 0.15) is 71.6 Å². The van der Waals surface area contributed by atoms with Gasteiger partial charge in [0.15, 0.2) is 0 Å². The van der Waals surface area contributed by atoms with E-state index in [-0.39, 0.29) is 18.0 Å². The van der Waals surface area contributed by atoms with Crippen molar-refractivity contribution in [2.45, 2.75) is 83.8 Å². The van der Waals surface area contributed by atoms with Crippen molar-refractivity contribution in [3.05, 3.63) is 0 Å². The van der Waals surface area contributed by atoms with Crippen LogP contribution in [0.25, 0.3) is 0 Å². The number of carbonyl (C=O) groups is 1. The molecule has 3 nitrogen and oxygen atoms in total. The highest BCUT2D eigenvalue weighted by atomic mass is 16.5. The Bertz CT molecular complexity index is 240. The number of carbonyl (C=O) groups excluding carboxylic acids is 1.